The minimum absolute atomic E-state index is 1.13. The van der Waals surface area contributed by atoms with Crippen LogP contribution in [0.15, 0.2) is 0 Å². The van der Waals surface area contributed by atoms with E-state index in [0.29, 0.717) is 0 Å². The Morgan fingerprint density at radius 1 is 0.500 bits per heavy atom. The summed E-state index contributed by atoms with van der Waals surface area (Å²) in [5.41, 5.74) is 0. The van der Waals surface area contributed by atoms with Gasteiger partial charge in [0.1, 0.15) is 0 Å². The molecule has 0 aromatic heterocycles. The molecule has 0 nitrogen and oxygen atoms in total. The fourth-order valence-corrected chi connectivity index (χ4v) is 4.89. The highest BCUT2D eigenvalue weighted by Crippen LogP contribution is 2.48. The van der Waals surface area contributed by atoms with Crippen molar-refractivity contribution < 1.29 is 0 Å². The number of hydrogen-bond acceptors (Lipinski definition) is 0. The van der Waals surface area contributed by atoms with E-state index >= 15 is 0 Å². The van der Waals surface area contributed by atoms with Crippen molar-refractivity contribution in [2.75, 3.05) is 0 Å². The molecule has 2 aliphatic rings. The van der Waals surface area contributed by atoms with Gasteiger partial charge in [-0.2, -0.15) is 0 Å². The van der Waals surface area contributed by atoms with E-state index in [-0.39, 0.29) is 0 Å². The van der Waals surface area contributed by atoms with Gasteiger partial charge in [-0.25, -0.2) is 0 Å². The molecule has 2 saturated carbocycles. The lowest BCUT2D eigenvalue weighted by Gasteiger charge is -2.45. The zero-order valence-electron chi connectivity index (χ0n) is 15.6. The molecule has 0 amide bonds. The topological polar surface area (TPSA) is 0 Å². The molecule has 0 aliphatic heterocycles. The number of unbranched alkanes of at least 4 members (excludes halogenated alkanes) is 7. The molecule has 0 radical (unpaired) electrons. The van der Waals surface area contributed by atoms with Crippen LogP contribution in [-0.2, 0) is 0 Å². The van der Waals surface area contributed by atoms with Gasteiger partial charge in [-0.3, -0.25) is 0 Å². The maximum Gasteiger partial charge on any atom is -0.0383 e. The van der Waals surface area contributed by atoms with Crippen LogP contribution in [0, 0.1) is 23.7 Å². The van der Waals surface area contributed by atoms with E-state index < -0.39 is 0 Å². The van der Waals surface area contributed by atoms with Crippen LogP contribution in [0.4, 0.5) is 0 Å². The van der Waals surface area contributed by atoms with E-state index in [1.165, 1.54) is 57.8 Å². The average Bonchev–Trinajstić information content (AvgIpc) is 2.48. The first kappa shape index (κ1) is 18.3. The summed E-state index contributed by atoms with van der Waals surface area (Å²) >= 11 is 0. The van der Waals surface area contributed by atoms with Crippen LogP contribution in [0.5, 0.6) is 0 Å². The van der Waals surface area contributed by atoms with Crippen LogP contribution >= 0.6 is 0 Å². The molecule has 4 atom stereocenters. The zero-order chi connectivity index (χ0) is 15.6. The maximum atomic E-state index is 2.33. The summed E-state index contributed by atoms with van der Waals surface area (Å²) in [6.07, 6.45) is 24.2. The maximum absolute atomic E-state index is 2.33. The van der Waals surface area contributed by atoms with E-state index in [9.17, 15) is 0 Å². The second kappa shape index (κ2) is 10.7. The van der Waals surface area contributed by atoms with Crippen LogP contribution in [0.25, 0.3) is 0 Å². The molecule has 0 spiro atoms. The smallest absolute Gasteiger partial charge is 0.0383 e. The zero-order valence-corrected chi connectivity index (χ0v) is 15.6. The van der Waals surface area contributed by atoms with Gasteiger partial charge in [0.05, 0.1) is 0 Å². The molecule has 2 aliphatic carbocycles. The van der Waals surface area contributed by atoms with E-state index in [2.05, 4.69) is 13.8 Å². The summed E-state index contributed by atoms with van der Waals surface area (Å²) < 4.78 is 0. The van der Waals surface area contributed by atoms with Crippen LogP contribution < -0.4 is 0 Å². The highest BCUT2D eigenvalue weighted by atomic mass is 14.4. The predicted molar refractivity (Wildman–Crippen MR) is 99.2 cm³/mol. The largest absolute Gasteiger partial charge is 0.0654 e. The normalized spacial score (nSPS) is 30.8. The van der Waals surface area contributed by atoms with Crippen molar-refractivity contribution in [1.29, 1.82) is 0 Å². The summed E-state index contributed by atoms with van der Waals surface area (Å²) in [6, 6.07) is 0. The summed E-state index contributed by atoms with van der Waals surface area (Å²) in [5, 5.41) is 0. The van der Waals surface area contributed by atoms with Crippen LogP contribution in [0.2, 0.25) is 0 Å². The van der Waals surface area contributed by atoms with Crippen molar-refractivity contribution in [3.8, 4) is 0 Å². The van der Waals surface area contributed by atoms with E-state index in [0.717, 1.165) is 23.7 Å². The van der Waals surface area contributed by atoms with Crippen molar-refractivity contribution in [3.05, 3.63) is 0 Å². The van der Waals surface area contributed by atoms with Crippen molar-refractivity contribution in [2.24, 2.45) is 23.7 Å². The quantitative estimate of drug-likeness (QED) is 0.305. The Labute approximate surface area is 140 Å². The Morgan fingerprint density at radius 2 is 0.909 bits per heavy atom. The minimum Gasteiger partial charge on any atom is -0.0654 e. The molecule has 2 fully saturated rings. The summed E-state index contributed by atoms with van der Waals surface area (Å²) in [7, 11) is 0. The number of rotatable bonds is 13. The molecule has 4 unspecified atom stereocenters. The monoisotopic (exact) mass is 306 g/mol. The minimum atomic E-state index is 1.13. The van der Waals surface area contributed by atoms with Gasteiger partial charge in [0.25, 0.3) is 0 Å². The first-order chi connectivity index (χ1) is 10.8. The molecule has 2 rings (SSSR count). The van der Waals surface area contributed by atoms with Gasteiger partial charge in [-0.05, 0) is 55.8 Å². The van der Waals surface area contributed by atoms with Crippen LogP contribution in [0.3, 0.4) is 0 Å². The second-order valence-electron chi connectivity index (χ2n) is 8.48. The van der Waals surface area contributed by atoms with Crippen molar-refractivity contribution in [2.45, 2.75) is 117 Å². The van der Waals surface area contributed by atoms with Gasteiger partial charge < -0.3 is 0 Å². The Bertz CT molecular complexity index is 269. The first-order valence-corrected chi connectivity index (χ1v) is 10.8. The molecule has 22 heavy (non-hydrogen) atoms. The van der Waals surface area contributed by atoms with E-state index in [4.69, 9.17) is 0 Å². The first-order valence-electron chi connectivity index (χ1n) is 10.8. The van der Waals surface area contributed by atoms with Crippen molar-refractivity contribution in [1.82, 2.24) is 0 Å². The molecule has 0 saturated heterocycles. The third-order valence-electron chi connectivity index (χ3n) is 6.86. The predicted octanol–water partition coefficient (Wildman–Crippen LogP) is 7.76. The van der Waals surface area contributed by atoms with E-state index in [1.807, 2.05) is 0 Å². The lowest BCUT2D eigenvalue weighted by Crippen LogP contribution is -2.34. The Kier molecular flexibility index (Phi) is 8.93. The molecule has 0 bridgehead atoms. The van der Waals surface area contributed by atoms with E-state index in [1.54, 1.807) is 44.9 Å². The summed E-state index contributed by atoms with van der Waals surface area (Å²) in [5.74, 6) is 4.52. The molecule has 0 heterocycles. The lowest BCUT2D eigenvalue weighted by atomic mass is 9.61. The fourth-order valence-electron chi connectivity index (χ4n) is 4.89. The Balaban J connectivity index is 1.51. The Hall–Kier alpha value is 0. The number of hydrogen-bond donors (Lipinski definition) is 0. The molecule has 0 aromatic rings. The molecular weight excluding hydrogens is 264 g/mol. The van der Waals surface area contributed by atoms with Gasteiger partial charge in [-0.15, -0.1) is 0 Å². The van der Waals surface area contributed by atoms with Gasteiger partial charge in [-0.1, -0.05) is 84.5 Å². The van der Waals surface area contributed by atoms with Crippen LogP contribution in [0.1, 0.15) is 117 Å². The SMILES string of the molecule is CCCCCCCCC1CCC1CC1CCC1CCCCC. The summed E-state index contributed by atoms with van der Waals surface area (Å²) in [4.78, 5) is 0. The van der Waals surface area contributed by atoms with Gasteiger partial charge in [0.2, 0.25) is 0 Å². The molecule has 0 heteroatoms. The highest BCUT2D eigenvalue weighted by molar-refractivity contribution is 4.88. The van der Waals surface area contributed by atoms with Gasteiger partial charge in [0, 0.05) is 0 Å². The van der Waals surface area contributed by atoms with Crippen molar-refractivity contribution >= 4 is 0 Å². The van der Waals surface area contributed by atoms with Gasteiger partial charge in [0.15, 0.2) is 0 Å². The third kappa shape index (κ3) is 5.89. The molecular formula is C22H42. The second-order valence-corrected chi connectivity index (χ2v) is 8.48. The molecule has 0 aromatic carbocycles. The summed E-state index contributed by atoms with van der Waals surface area (Å²) in [6.45, 7) is 4.65. The lowest BCUT2D eigenvalue weighted by molar-refractivity contribution is 0.0622. The van der Waals surface area contributed by atoms with Crippen LogP contribution in [-0.4, -0.2) is 0 Å². The Morgan fingerprint density at radius 3 is 1.41 bits per heavy atom. The molecule has 130 valence electrons. The van der Waals surface area contributed by atoms with Crippen molar-refractivity contribution in [3.63, 3.8) is 0 Å². The highest BCUT2D eigenvalue weighted by Gasteiger charge is 2.37. The molecule has 0 N–H and O–H groups in total. The third-order valence-corrected chi connectivity index (χ3v) is 6.86. The standard InChI is InChI=1S/C22H42/c1-3-5-7-8-9-11-13-20-15-17-22(20)18-21-16-14-19(21)12-10-6-4-2/h19-22H,3-18H2,1-2H3. The average molecular weight is 307 g/mol. The fraction of sp³-hybridized carbons (Fsp3) is 1.00. The van der Waals surface area contributed by atoms with Gasteiger partial charge >= 0.3 is 0 Å².